The standard InChI is InChI=1S/C12H13N5O3/c18-11(10-8(12(19)20)3-1-5-13-10)14-6-2-4-9-15-7-16-17-9/h1,3,5,7H,2,4,6H2,(H,14,18)(H,19,20)(H,15,16,17). The number of aromatic amines is 1. The number of carboxylic acid groups (broad SMARTS) is 1. The molecule has 0 atom stereocenters. The van der Waals surface area contributed by atoms with Crippen LogP contribution in [0.3, 0.4) is 0 Å². The fraction of sp³-hybridized carbons (Fsp3) is 0.250. The second-order valence-corrected chi connectivity index (χ2v) is 4.00. The molecule has 2 aromatic rings. The molecular weight excluding hydrogens is 262 g/mol. The Morgan fingerprint density at radius 1 is 1.35 bits per heavy atom. The molecule has 1 amide bonds. The van der Waals surface area contributed by atoms with Crippen LogP contribution in [0.25, 0.3) is 0 Å². The maximum atomic E-state index is 11.9. The lowest BCUT2D eigenvalue weighted by Crippen LogP contribution is -2.27. The first-order valence-corrected chi connectivity index (χ1v) is 5.99. The lowest BCUT2D eigenvalue weighted by molar-refractivity contribution is 0.0690. The third kappa shape index (κ3) is 3.37. The number of amides is 1. The van der Waals surface area contributed by atoms with Gasteiger partial charge in [-0.05, 0) is 18.6 Å². The molecule has 2 heterocycles. The number of hydrogen-bond donors (Lipinski definition) is 3. The van der Waals surface area contributed by atoms with Crippen molar-refractivity contribution in [3.05, 3.63) is 41.7 Å². The first-order valence-electron chi connectivity index (χ1n) is 5.99. The lowest BCUT2D eigenvalue weighted by Gasteiger charge is -2.06. The van der Waals surface area contributed by atoms with E-state index in [2.05, 4.69) is 25.5 Å². The summed E-state index contributed by atoms with van der Waals surface area (Å²) in [6.45, 7) is 0.398. The number of H-pyrrole nitrogens is 1. The molecule has 8 heteroatoms. The highest BCUT2D eigenvalue weighted by molar-refractivity contribution is 6.03. The maximum absolute atomic E-state index is 11.9. The minimum absolute atomic E-state index is 0.0836. The van der Waals surface area contributed by atoms with Crippen LogP contribution in [0.2, 0.25) is 0 Å². The minimum Gasteiger partial charge on any atom is -0.478 e. The molecule has 0 aromatic carbocycles. The third-order valence-corrected chi connectivity index (χ3v) is 2.59. The van der Waals surface area contributed by atoms with Gasteiger partial charge >= 0.3 is 5.97 Å². The molecule has 3 N–H and O–H groups in total. The highest BCUT2D eigenvalue weighted by Gasteiger charge is 2.16. The summed E-state index contributed by atoms with van der Waals surface area (Å²) in [7, 11) is 0. The van der Waals surface area contributed by atoms with Gasteiger partial charge in [0.05, 0.1) is 5.56 Å². The van der Waals surface area contributed by atoms with Gasteiger partial charge in [0.25, 0.3) is 5.91 Å². The first kappa shape index (κ1) is 13.7. The van der Waals surface area contributed by atoms with Crippen LogP contribution in [0.15, 0.2) is 24.7 Å². The predicted molar refractivity (Wildman–Crippen MR) is 68.2 cm³/mol. The molecule has 0 aliphatic carbocycles. The Hall–Kier alpha value is -2.77. The highest BCUT2D eigenvalue weighted by atomic mass is 16.4. The number of nitrogens with zero attached hydrogens (tertiary/aromatic N) is 3. The Morgan fingerprint density at radius 3 is 2.90 bits per heavy atom. The maximum Gasteiger partial charge on any atom is 0.338 e. The third-order valence-electron chi connectivity index (χ3n) is 2.59. The summed E-state index contributed by atoms with van der Waals surface area (Å²) >= 11 is 0. The molecule has 0 radical (unpaired) electrons. The van der Waals surface area contributed by atoms with Crippen molar-refractivity contribution >= 4 is 11.9 Å². The van der Waals surface area contributed by atoms with Gasteiger partial charge in [-0.25, -0.2) is 9.78 Å². The van der Waals surface area contributed by atoms with E-state index >= 15 is 0 Å². The van der Waals surface area contributed by atoms with E-state index in [4.69, 9.17) is 5.11 Å². The summed E-state index contributed by atoms with van der Waals surface area (Å²) in [6.07, 6.45) is 4.11. The molecule has 8 nitrogen and oxygen atoms in total. The number of pyridine rings is 1. The van der Waals surface area contributed by atoms with Gasteiger partial charge < -0.3 is 10.4 Å². The summed E-state index contributed by atoms with van der Waals surface area (Å²) in [5.41, 5.74) is -0.195. The average Bonchev–Trinajstić information content (AvgIpc) is 2.96. The Balaban J connectivity index is 1.87. The fourth-order valence-electron chi connectivity index (χ4n) is 1.65. The number of carbonyl (C=O) groups excluding carboxylic acids is 1. The van der Waals surface area contributed by atoms with E-state index in [-0.39, 0.29) is 11.3 Å². The van der Waals surface area contributed by atoms with Gasteiger partial charge in [0, 0.05) is 19.2 Å². The van der Waals surface area contributed by atoms with Crippen molar-refractivity contribution in [1.29, 1.82) is 0 Å². The number of hydrogen-bond acceptors (Lipinski definition) is 5. The largest absolute Gasteiger partial charge is 0.478 e. The van der Waals surface area contributed by atoms with Crippen LogP contribution in [0.4, 0.5) is 0 Å². The number of aromatic carboxylic acids is 1. The topological polar surface area (TPSA) is 121 Å². The van der Waals surface area contributed by atoms with Crippen molar-refractivity contribution < 1.29 is 14.7 Å². The molecule has 0 saturated carbocycles. The second-order valence-electron chi connectivity index (χ2n) is 4.00. The van der Waals surface area contributed by atoms with Crippen LogP contribution in [0, 0.1) is 0 Å². The van der Waals surface area contributed by atoms with Crippen LogP contribution in [0.5, 0.6) is 0 Å². The Bertz CT molecular complexity index is 597. The number of carbonyl (C=O) groups is 2. The average molecular weight is 275 g/mol. The van der Waals surface area contributed by atoms with Crippen LogP contribution in [0.1, 0.15) is 33.1 Å². The van der Waals surface area contributed by atoms with Gasteiger partial charge in [0.2, 0.25) is 0 Å². The molecule has 104 valence electrons. The first-order chi connectivity index (χ1) is 9.68. The van der Waals surface area contributed by atoms with Gasteiger partial charge in [0.1, 0.15) is 17.8 Å². The molecule has 0 fully saturated rings. The van der Waals surface area contributed by atoms with Crippen LogP contribution in [-0.4, -0.2) is 43.7 Å². The zero-order chi connectivity index (χ0) is 14.4. The fourth-order valence-corrected chi connectivity index (χ4v) is 1.65. The molecular formula is C12H13N5O3. The number of aryl methyl sites for hydroxylation is 1. The van der Waals surface area contributed by atoms with Crippen molar-refractivity contribution in [2.75, 3.05) is 6.54 Å². The molecule has 0 saturated heterocycles. The summed E-state index contributed by atoms with van der Waals surface area (Å²) in [6, 6.07) is 2.82. The van der Waals surface area contributed by atoms with Gasteiger partial charge in [0.15, 0.2) is 0 Å². The summed E-state index contributed by atoms with van der Waals surface area (Å²) < 4.78 is 0. The molecule has 2 rings (SSSR count). The van der Waals surface area contributed by atoms with Gasteiger partial charge in [-0.3, -0.25) is 14.9 Å². The Morgan fingerprint density at radius 2 is 2.20 bits per heavy atom. The van der Waals surface area contributed by atoms with E-state index < -0.39 is 11.9 Å². The normalized spacial score (nSPS) is 10.2. The van der Waals surface area contributed by atoms with E-state index in [1.165, 1.54) is 24.7 Å². The zero-order valence-electron chi connectivity index (χ0n) is 10.5. The highest BCUT2D eigenvalue weighted by Crippen LogP contribution is 2.05. The molecule has 0 aliphatic rings. The predicted octanol–water partition coefficient (Wildman–Crippen LogP) is 0.260. The number of carboxylic acids is 1. The summed E-state index contributed by atoms with van der Waals surface area (Å²) in [5, 5.41) is 18.0. The number of aromatic nitrogens is 4. The Labute approximate surface area is 114 Å². The summed E-state index contributed by atoms with van der Waals surface area (Å²) in [5.74, 6) is -0.936. The zero-order valence-corrected chi connectivity index (χ0v) is 10.5. The Kier molecular flexibility index (Phi) is 4.38. The molecule has 2 aromatic heterocycles. The number of nitrogens with one attached hydrogen (secondary N) is 2. The van der Waals surface area contributed by atoms with E-state index in [1.54, 1.807) is 0 Å². The number of rotatable bonds is 6. The van der Waals surface area contributed by atoms with Crippen molar-refractivity contribution in [1.82, 2.24) is 25.5 Å². The van der Waals surface area contributed by atoms with E-state index in [1.807, 2.05) is 0 Å². The van der Waals surface area contributed by atoms with Crippen LogP contribution in [-0.2, 0) is 6.42 Å². The molecule has 20 heavy (non-hydrogen) atoms. The van der Waals surface area contributed by atoms with Gasteiger partial charge in [-0.2, -0.15) is 5.10 Å². The van der Waals surface area contributed by atoms with Crippen LogP contribution >= 0.6 is 0 Å². The van der Waals surface area contributed by atoms with Gasteiger partial charge in [-0.15, -0.1) is 0 Å². The van der Waals surface area contributed by atoms with E-state index in [0.717, 1.165) is 5.82 Å². The molecule has 0 bridgehead atoms. The second kappa shape index (κ2) is 6.41. The molecule has 0 aliphatic heterocycles. The monoisotopic (exact) mass is 275 g/mol. The minimum atomic E-state index is -1.18. The van der Waals surface area contributed by atoms with Gasteiger partial charge in [-0.1, -0.05) is 0 Å². The summed E-state index contributed by atoms with van der Waals surface area (Å²) in [4.78, 5) is 30.6. The van der Waals surface area contributed by atoms with Crippen molar-refractivity contribution in [3.8, 4) is 0 Å². The van der Waals surface area contributed by atoms with Crippen molar-refractivity contribution in [2.24, 2.45) is 0 Å². The molecule has 0 spiro atoms. The van der Waals surface area contributed by atoms with Crippen LogP contribution < -0.4 is 5.32 Å². The smallest absolute Gasteiger partial charge is 0.338 e. The SMILES string of the molecule is O=C(O)c1cccnc1C(=O)NCCCc1ncn[nH]1. The molecule has 0 unspecified atom stereocenters. The lowest BCUT2D eigenvalue weighted by atomic mass is 10.2. The van der Waals surface area contributed by atoms with E-state index in [0.29, 0.717) is 19.4 Å². The van der Waals surface area contributed by atoms with Crippen molar-refractivity contribution in [2.45, 2.75) is 12.8 Å². The quantitative estimate of drug-likeness (QED) is 0.650. The van der Waals surface area contributed by atoms with E-state index in [9.17, 15) is 9.59 Å². The van der Waals surface area contributed by atoms with Crippen molar-refractivity contribution in [3.63, 3.8) is 0 Å².